The van der Waals surface area contributed by atoms with Gasteiger partial charge in [-0.05, 0) is 25.5 Å². The van der Waals surface area contributed by atoms with E-state index in [2.05, 4.69) is 19.2 Å². The van der Waals surface area contributed by atoms with Crippen LogP contribution in [0.15, 0.2) is 24.3 Å². The summed E-state index contributed by atoms with van der Waals surface area (Å²) < 4.78 is 13.9. The lowest BCUT2D eigenvalue weighted by Crippen LogP contribution is -2.23. The van der Waals surface area contributed by atoms with Gasteiger partial charge in [0.25, 0.3) is 0 Å². The predicted molar refractivity (Wildman–Crippen MR) is 85.4 cm³/mol. The van der Waals surface area contributed by atoms with Crippen molar-refractivity contribution in [3.63, 3.8) is 0 Å². The molecule has 0 amide bonds. The summed E-state index contributed by atoms with van der Waals surface area (Å²) in [5.74, 6) is -0.0768. The van der Waals surface area contributed by atoms with Crippen LogP contribution in [-0.2, 0) is 0 Å². The molecule has 1 aromatic rings. The molecule has 0 fully saturated rings. The second-order valence-electron chi connectivity index (χ2n) is 5.58. The molecule has 2 heteroatoms. The standard InChI is InChI=1S/C18H30FN/c1-3-5-6-7-8-9-14-18(20-15-4-2)16-12-10-11-13-17(16)19/h10-13,18,20H,3-9,14-15H2,1-2H3. The molecule has 0 aliphatic carbocycles. The quantitative estimate of drug-likeness (QED) is 0.519. The summed E-state index contributed by atoms with van der Waals surface area (Å²) in [5, 5.41) is 3.49. The summed E-state index contributed by atoms with van der Waals surface area (Å²) in [6.45, 7) is 5.34. The van der Waals surface area contributed by atoms with Gasteiger partial charge in [-0.3, -0.25) is 0 Å². The van der Waals surface area contributed by atoms with E-state index in [1.807, 2.05) is 12.1 Å². The molecule has 1 rings (SSSR count). The molecule has 0 saturated heterocycles. The van der Waals surface area contributed by atoms with E-state index in [1.165, 1.54) is 38.5 Å². The highest BCUT2D eigenvalue weighted by molar-refractivity contribution is 5.21. The third-order valence-electron chi connectivity index (χ3n) is 3.77. The first-order chi connectivity index (χ1) is 9.79. The summed E-state index contributed by atoms with van der Waals surface area (Å²) in [6, 6.07) is 7.35. The molecule has 0 radical (unpaired) electrons. The Kier molecular flexibility index (Phi) is 9.31. The van der Waals surface area contributed by atoms with Gasteiger partial charge in [-0.1, -0.05) is 70.6 Å². The molecule has 1 unspecified atom stereocenters. The normalized spacial score (nSPS) is 12.6. The van der Waals surface area contributed by atoms with Crippen LogP contribution in [0.25, 0.3) is 0 Å². The second-order valence-corrected chi connectivity index (χ2v) is 5.58. The molecule has 0 bridgehead atoms. The van der Waals surface area contributed by atoms with Crippen LogP contribution in [0.5, 0.6) is 0 Å². The minimum atomic E-state index is -0.0768. The number of hydrogen-bond acceptors (Lipinski definition) is 1. The first kappa shape index (κ1) is 17.2. The Balaban J connectivity index is 2.42. The molecule has 1 aromatic carbocycles. The molecule has 1 N–H and O–H groups in total. The lowest BCUT2D eigenvalue weighted by Gasteiger charge is -2.19. The minimum Gasteiger partial charge on any atom is -0.310 e. The highest BCUT2D eigenvalue weighted by Crippen LogP contribution is 2.23. The van der Waals surface area contributed by atoms with Crippen molar-refractivity contribution in [2.75, 3.05) is 6.54 Å². The van der Waals surface area contributed by atoms with Gasteiger partial charge in [0.1, 0.15) is 5.82 Å². The van der Waals surface area contributed by atoms with Crippen molar-refractivity contribution >= 4 is 0 Å². The van der Waals surface area contributed by atoms with Crippen molar-refractivity contribution in [3.05, 3.63) is 35.6 Å². The molecule has 20 heavy (non-hydrogen) atoms. The highest BCUT2D eigenvalue weighted by atomic mass is 19.1. The molecule has 0 heterocycles. The lowest BCUT2D eigenvalue weighted by molar-refractivity contribution is 0.449. The molecule has 0 spiro atoms. The van der Waals surface area contributed by atoms with Crippen LogP contribution in [0, 0.1) is 5.82 Å². The van der Waals surface area contributed by atoms with Crippen LogP contribution >= 0.6 is 0 Å². The average molecular weight is 279 g/mol. The van der Waals surface area contributed by atoms with Gasteiger partial charge in [0.05, 0.1) is 0 Å². The topological polar surface area (TPSA) is 12.0 Å². The van der Waals surface area contributed by atoms with E-state index in [0.29, 0.717) is 0 Å². The van der Waals surface area contributed by atoms with Gasteiger partial charge in [-0.15, -0.1) is 0 Å². The Bertz CT molecular complexity index is 351. The zero-order valence-corrected chi connectivity index (χ0v) is 13.1. The van der Waals surface area contributed by atoms with E-state index in [1.54, 1.807) is 12.1 Å². The maximum Gasteiger partial charge on any atom is 0.127 e. The second kappa shape index (κ2) is 10.8. The van der Waals surface area contributed by atoms with Crippen molar-refractivity contribution in [2.24, 2.45) is 0 Å². The fourth-order valence-corrected chi connectivity index (χ4v) is 2.57. The van der Waals surface area contributed by atoms with Crippen LogP contribution < -0.4 is 5.32 Å². The van der Waals surface area contributed by atoms with Crippen LogP contribution in [0.4, 0.5) is 4.39 Å². The fraction of sp³-hybridized carbons (Fsp3) is 0.667. The first-order valence-corrected chi connectivity index (χ1v) is 8.27. The molecule has 0 saturated carbocycles. The van der Waals surface area contributed by atoms with E-state index in [0.717, 1.165) is 24.9 Å². The van der Waals surface area contributed by atoms with Gasteiger partial charge in [-0.25, -0.2) is 4.39 Å². The molecular weight excluding hydrogens is 249 g/mol. The van der Waals surface area contributed by atoms with E-state index in [4.69, 9.17) is 0 Å². The number of rotatable bonds is 11. The molecule has 0 aliphatic rings. The lowest BCUT2D eigenvalue weighted by atomic mass is 9.99. The maximum atomic E-state index is 13.9. The first-order valence-electron chi connectivity index (χ1n) is 8.27. The monoisotopic (exact) mass is 279 g/mol. The van der Waals surface area contributed by atoms with Crippen molar-refractivity contribution in [3.8, 4) is 0 Å². The Hall–Kier alpha value is -0.890. The summed E-state index contributed by atoms with van der Waals surface area (Å²) in [4.78, 5) is 0. The Morgan fingerprint density at radius 3 is 2.35 bits per heavy atom. The van der Waals surface area contributed by atoms with Gasteiger partial charge in [0.2, 0.25) is 0 Å². The van der Waals surface area contributed by atoms with Crippen molar-refractivity contribution in [2.45, 2.75) is 71.3 Å². The molecular formula is C18H30FN. The molecule has 0 aromatic heterocycles. The van der Waals surface area contributed by atoms with Crippen LogP contribution in [0.1, 0.15) is 76.8 Å². The number of benzene rings is 1. The molecule has 114 valence electrons. The van der Waals surface area contributed by atoms with Crippen molar-refractivity contribution < 1.29 is 4.39 Å². The smallest absolute Gasteiger partial charge is 0.127 e. The Labute approximate surface area is 124 Å². The van der Waals surface area contributed by atoms with E-state index in [-0.39, 0.29) is 11.9 Å². The highest BCUT2D eigenvalue weighted by Gasteiger charge is 2.13. The largest absolute Gasteiger partial charge is 0.310 e. The van der Waals surface area contributed by atoms with Crippen LogP contribution in [0.3, 0.4) is 0 Å². The molecule has 1 atom stereocenters. The summed E-state index contributed by atoms with van der Waals surface area (Å²) >= 11 is 0. The summed E-state index contributed by atoms with van der Waals surface area (Å²) in [7, 11) is 0. The van der Waals surface area contributed by atoms with Crippen LogP contribution in [-0.4, -0.2) is 6.54 Å². The fourth-order valence-electron chi connectivity index (χ4n) is 2.57. The van der Waals surface area contributed by atoms with E-state index in [9.17, 15) is 4.39 Å². The van der Waals surface area contributed by atoms with Gasteiger partial charge < -0.3 is 5.32 Å². The van der Waals surface area contributed by atoms with Crippen molar-refractivity contribution in [1.82, 2.24) is 5.32 Å². The van der Waals surface area contributed by atoms with Gasteiger partial charge in [0, 0.05) is 11.6 Å². The Morgan fingerprint density at radius 2 is 1.65 bits per heavy atom. The van der Waals surface area contributed by atoms with Crippen LogP contribution in [0.2, 0.25) is 0 Å². The zero-order valence-electron chi connectivity index (χ0n) is 13.1. The average Bonchev–Trinajstić information content (AvgIpc) is 2.47. The zero-order chi connectivity index (χ0) is 14.6. The molecule has 0 aliphatic heterocycles. The van der Waals surface area contributed by atoms with E-state index >= 15 is 0 Å². The third-order valence-corrected chi connectivity index (χ3v) is 3.77. The van der Waals surface area contributed by atoms with Gasteiger partial charge in [0.15, 0.2) is 0 Å². The SMILES string of the molecule is CCCCCCCCC(NCCC)c1ccccc1F. The Morgan fingerprint density at radius 1 is 0.950 bits per heavy atom. The van der Waals surface area contributed by atoms with Gasteiger partial charge >= 0.3 is 0 Å². The number of unbranched alkanes of at least 4 members (excludes halogenated alkanes) is 5. The summed E-state index contributed by atoms with van der Waals surface area (Å²) in [6.07, 6.45) is 9.84. The maximum absolute atomic E-state index is 13.9. The number of halogens is 1. The number of hydrogen-bond donors (Lipinski definition) is 1. The minimum absolute atomic E-state index is 0.0768. The van der Waals surface area contributed by atoms with Crippen molar-refractivity contribution in [1.29, 1.82) is 0 Å². The number of nitrogens with one attached hydrogen (secondary N) is 1. The third kappa shape index (κ3) is 6.51. The molecule has 1 nitrogen and oxygen atoms in total. The van der Waals surface area contributed by atoms with Gasteiger partial charge in [-0.2, -0.15) is 0 Å². The van der Waals surface area contributed by atoms with E-state index < -0.39 is 0 Å². The predicted octanol–water partition coefficient (Wildman–Crippen LogP) is 5.62. The summed E-state index contributed by atoms with van der Waals surface area (Å²) in [5.41, 5.74) is 0.828.